The van der Waals surface area contributed by atoms with Crippen molar-refractivity contribution in [2.75, 3.05) is 12.0 Å². The number of pyridine rings is 1. The smallest absolute Gasteiger partial charge is 0.294 e. The molecule has 1 unspecified atom stereocenters. The van der Waals surface area contributed by atoms with Crippen molar-refractivity contribution in [1.29, 1.82) is 0 Å². The second kappa shape index (κ2) is 6.87. The highest BCUT2D eigenvalue weighted by molar-refractivity contribution is 6.17. The molecular formula is C21H22N2O4. The number of rotatable bonds is 4. The van der Waals surface area contributed by atoms with Crippen LogP contribution in [-0.2, 0) is 9.59 Å². The van der Waals surface area contributed by atoms with Crippen molar-refractivity contribution in [2.45, 2.75) is 26.8 Å². The molecule has 3 rings (SSSR count). The average molecular weight is 366 g/mol. The minimum absolute atomic E-state index is 0.0713. The Labute approximate surface area is 158 Å². The summed E-state index contributed by atoms with van der Waals surface area (Å²) in [5, 5.41) is 10.6. The van der Waals surface area contributed by atoms with Crippen LogP contribution in [0.3, 0.4) is 0 Å². The van der Waals surface area contributed by atoms with E-state index in [0.717, 1.165) is 0 Å². The van der Waals surface area contributed by atoms with Crippen molar-refractivity contribution < 1.29 is 19.4 Å². The van der Waals surface area contributed by atoms with E-state index in [2.05, 4.69) is 4.98 Å². The van der Waals surface area contributed by atoms with E-state index in [-0.39, 0.29) is 11.4 Å². The molecule has 2 heterocycles. The molecule has 2 aromatic rings. The van der Waals surface area contributed by atoms with E-state index in [9.17, 15) is 14.7 Å². The fraction of sp³-hybridized carbons (Fsp3) is 0.286. The largest absolute Gasteiger partial charge is 0.503 e. The Bertz CT molecular complexity index is 896. The molecule has 1 aromatic carbocycles. The van der Waals surface area contributed by atoms with Gasteiger partial charge in [0.1, 0.15) is 11.8 Å². The number of benzene rings is 1. The number of nitrogens with zero attached hydrogens (tertiary/aromatic N) is 2. The lowest BCUT2D eigenvalue weighted by Crippen LogP contribution is -2.33. The third-order valence-electron chi connectivity index (χ3n) is 4.45. The van der Waals surface area contributed by atoms with Crippen LogP contribution < -0.4 is 9.64 Å². The number of carbonyl (C=O) groups is 2. The van der Waals surface area contributed by atoms with Gasteiger partial charge in [-0.15, -0.1) is 0 Å². The fourth-order valence-electron chi connectivity index (χ4n) is 3.07. The summed E-state index contributed by atoms with van der Waals surface area (Å²) < 4.78 is 5.17. The van der Waals surface area contributed by atoms with Crippen LogP contribution in [0.1, 0.15) is 32.5 Å². The molecule has 0 saturated carbocycles. The van der Waals surface area contributed by atoms with Gasteiger partial charge in [-0.1, -0.05) is 26.8 Å². The zero-order chi connectivity index (χ0) is 19.8. The van der Waals surface area contributed by atoms with Crippen LogP contribution in [0.2, 0.25) is 0 Å². The van der Waals surface area contributed by atoms with Crippen molar-refractivity contribution in [2.24, 2.45) is 5.41 Å². The van der Waals surface area contributed by atoms with Crippen LogP contribution in [0, 0.1) is 5.41 Å². The van der Waals surface area contributed by atoms with Gasteiger partial charge in [-0.25, -0.2) is 0 Å². The Morgan fingerprint density at radius 2 is 1.81 bits per heavy atom. The maximum absolute atomic E-state index is 13.0. The van der Waals surface area contributed by atoms with Gasteiger partial charge in [0, 0.05) is 17.3 Å². The molecule has 140 valence electrons. The Morgan fingerprint density at radius 1 is 1.15 bits per heavy atom. The highest BCUT2D eigenvalue weighted by atomic mass is 16.5. The van der Waals surface area contributed by atoms with Crippen LogP contribution in [0.15, 0.2) is 60.0 Å². The molecular weight excluding hydrogens is 344 g/mol. The minimum Gasteiger partial charge on any atom is -0.503 e. The first-order chi connectivity index (χ1) is 12.8. The van der Waals surface area contributed by atoms with Gasteiger partial charge in [0.05, 0.1) is 18.4 Å². The summed E-state index contributed by atoms with van der Waals surface area (Å²) in [6, 6.07) is 11.4. The van der Waals surface area contributed by atoms with Gasteiger partial charge in [0.25, 0.3) is 5.91 Å². The summed E-state index contributed by atoms with van der Waals surface area (Å²) in [5.74, 6) is -0.798. The number of aromatic nitrogens is 1. The van der Waals surface area contributed by atoms with Gasteiger partial charge < -0.3 is 9.84 Å². The second-order valence-electron chi connectivity index (χ2n) is 7.37. The molecule has 0 aliphatic carbocycles. The number of hydrogen-bond donors (Lipinski definition) is 1. The van der Waals surface area contributed by atoms with Crippen LogP contribution in [0.25, 0.3) is 0 Å². The highest BCUT2D eigenvalue weighted by Crippen LogP contribution is 2.42. The van der Waals surface area contributed by atoms with Gasteiger partial charge >= 0.3 is 0 Å². The van der Waals surface area contributed by atoms with Crippen molar-refractivity contribution in [3.05, 3.63) is 65.7 Å². The topological polar surface area (TPSA) is 79.7 Å². The maximum atomic E-state index is 13.0. The number of ketones is 1. The number of aliphatic hydroxyl groups excluding tert-OH is 1. The van der Waals surface area contributed by atoms with Gasteiger partial charge in [-0.3, -0.25) is 19.5 Å². The number of hydrogen-bond acceptors (Lipinski definition) is 5. The highest BCUT2D eigenvalue weighted by Gasteiger charge is 2.47. The van der Waals surface area contributed by atoms with Crippen LogP contribution in [0.5, 0.6) is 5.75 Å². The van der Waals surface area contributed by atoms with E-state index in [1.54, 1.807) is 76.5 Å². The predicted molar refractivity (Wildman–Crippen MR) is 102 cm³/mol. The number of carbonyl (C=O) groups excluding carboxylic acids is 2. The predicted octanol–water partition coefficient (Wildman–Crippen LogP) is 3.61. The third kappa shape index (κ3) is 3.30. The Morgan fingerprint density at radius 3 is 2.33 bits per heavy atom. The Kier molecular flexibility index (Phi) is 4.74. The van der Waals surface area contributed by atoms with Crippen LogP contribution in [-0.4, -0.2) is 28.9 Å². The SMILES string of the molecule is COc1ccc(N2C(=O)C(O)=C(C(=O)C(C)(C)C)C2c2ccccn2)cc1. The summed E-state index contributed by atoms with van der Waals surface area (Å²) in [4.78, 5) is 31.7. The van der Waals surface area contributed by atoms with E-state index in [1.165, 1.54) is 4.90 Å². The molecule has 1 aromatic heterocycles. The molecule has 1 aliphatic heterocycles. The van der Waals surface area contributed by atoms with E-state index in [4.69, 9.17) is 4.74 Å². The number of anilines is 1. The van der Waals surface area contributed by atoms with E-state index in [1.807, 2.05) is 0 Å². The molecule has 1 N–H and O–H groups in total. The molecule has 27 heavy (non-hydrogen) atoms. The number of methoxy groups -OCH3 is 1. The molecule has 6 heteroatoms. The molecule has 1 aliphatic rings. The summed E-state index contributed by atoms with van der Waals surface area (Å²) in [7, 11) is 1.56. The number of aliphatic hydroxyl groups is 1. The normalized spacial score (nSPS) is 17.4. The van der Waals surface area contributed by atoms with E-state index in [0.29, 0.717) is 17.1 Å². The number of Topliss-reactive ketones (excluding diaryl/α,β-unsaturated/α-hetero) is 1. The molecule has 0 bridgehead atoms. The first-order valence-corrected chi connectivity index (χ1v) is 8.62. The van der Waals surface area contributed by atoms with Crippen LogP contribution in [0.4, 0.5) is 5.69 Å². The van der Waals surface area contributed by atoms with Crippen molar-refractivity contribution in [3.63, 3.8) is 0 Å². The van der Waals surface area contributed by atoms with Crippen molar-refractivity contribution >= 4 is 17.4 Å². The first kappa shape index (κ1) is 18.6. The van der Waals surface area contributed by atoms with Gasteiger partial charge in [-0.2, -0.15) is 0 Å². The summed E-state index contributed by atoms with van der Waals surface area (Å²) in [6.45, 7) is 5.27. The molecule has 0 radical (unpaired) electrons. The number of amides is 1. The zero-order valence-corrected chi connectivity index (χ0v) is 15.8. The Hall–Kier alpha value is -3.15. The lowest BCUT2D eigenvalue weighted by atomic mass is 9.83. The summed E-state index contributed by atoms with van der Waals surface area (Å²) >= 11 is 0. The molecule has 0 spiro atoms. The molecule has 0 fully saturated rings. The Balaban J connectivity index is 2.16. The molecule has 1 atom stereocenters. The van der Waals surface area contributed by atoms with Crippen LogP contribution >= 0.6 is 0 Å². The average Bonchev–Trinajstić information content (AvgIpc) is 2.92. The van der Waals surface area contributed by atoms with Crippen molar-refractivity contribution in [3.8, 4) is 5.75 Å². The van der Waals surface area contributed by atoms with Crippen molar-refractivity contribution in [1.82, 2.24) is 4.98 Å². The van der Waals surface area contributed by atoms with E-state index < -0.39 is 23.1 Å². The maximum Gasteiger partial charge on any atom is 0.294 e. The molecule has 1 amide bonds. The molecule has 0 saturated heterocycles. The lowest BCUT2D eigenvalue weighted by molar-refractivity contribution is -0.123. The monoisotopic (exact) mass is 366 g/mol. The lowest BCUT2D eigenvalue weighted by Gasteiger charge is -2.28. The number of ether oxygens (including phenoxy) is 1. The standard InChI is InChI=1S/C21H22N2O4/c1-21(2,3)19(25)16-17(15-7-5-6-12-22-15)23(20(26)18(16)24)13-8-10-14(27-4)11-9-13/h5-12,17,24H,1-4H3. The molecule has 6 nitrogen and oxygen atoms in total. The summed E-state index contributed by atoms with van der Waals surface area (Å²) in [6.07, 6.45) is 1.60. The van der Waals surface area contributed by atoms with Gasteiger partial charge in [0.15, 0.2) is 11.5 Å². The fourth-order valence-corrected chi connectivity index (χ4v) is 3.07. The minimum atomic E-state index is -0.793. The quantitative estimate of drug-likeness (QED) is 0.894. The van der Waals surface area contributed by atoms with E-state index >= 15 is 0 Å². The first-order valence-electron chi connectivity index (χ1n) is 8.62. The van der Waals surface area contributed by atoms with Gasteiger partial charge in [0.2, 0.25) is 0 Å². The summed E-state index contributed by atoms with van der Waals surface area (Å²) in [5.41, 5.74) is 0.368. The second-order valence-corrected chi connectivity index (χ2v) is 7.37. The zero-order valence-electron chi connectivity index (χ0n) is 15.8. The third-order valence-corrected chi connectivity index (χ3v) is 4.45. The van der Waals surface area contributed by atoms with Gasteiger partial charge in [-0.05, 0) is 36.4 Å².